The first-order valence-electron chi connectivity index (χ1n) is 5.71. The van der Waals surface area contributed by atoms with Crippen molar-refractivity contribution in [2.75, 3.05) is 6.54 Å². The average Bonchev–Trinajstić information content (AvgIpc) is 2.96. The number of halogens is 1. The summed E-state index contributed by atoms with van der Waals surface area (Å²) < 4.78 is 25.7. The summed E-state index contributed by atoms with van der Waals surface area (Å²) in [7, 11) is -4.05. The second-order valence-corrected chi connectivity index (χ2v) is 7.74. The van der Waals surface area contributed by atoms with Crippen LogP contribution in [-0.2, 0) is 10.0 Å². The summed E-state index contributed by atoms with van der Waals surface area (Å²) in [4.78, 5) is 28.4. The summed E-state index contributed by atoms with van der Waals surface area (Å²) in [5.74, 6) is -1.17. The highest BCUT2D eigenvalue weighted by Gasteiger charge is 2.43. The molecule has 0 unspecified atom stereocenters. The summed E-state index contributed by atoms with van der Waals surface area (Å²) in [5.41, 5.74) is -0.00412. The molecule has 0 N–H and O–H groups in total. The second kappa shape index (κ2) is 5.00. The van der Waals surface area contributed by atoms with E-state index in [1.807, 2.05) is 0 Å². The number of thiophene rings is 1. The van der Waals surface area contributed by atoms with Crippen molar-refractivity contribution in [3.8, 4) is 0 Å². The predicted octanol–water partition coefficient (Wildman–Crippen LogP) is 1.93. The fourth-order valence-corrected chi connectivity index (χ4v) is 4.92. The molecule has 9 heteroatoms. The topological polar surface area (TPSA) is 84.4 Å². The van der Waals surface area contributed by atoms with Crippen molar-refractivity contribution in [3.05, 3.63) is 44.7 Å². The van der Waals surface area contributed by atoms with Gasteiger partial charge in [-0.15, -0.1) is 11.3 Å². The lowest BCUT2D eigenvalue weighted by Gasteiger charge is -2.13. The molecule has 0 spiro atoms. The van der Waals surface area contributed by atoms with Crippen molar-refractivity contribution >= 4 is 49.0 Å². The van der Waals surface area contributed by atoms with E-state index < -0.39 is 28.3 Å². The monoisotopic (exact) mass is 386 g/mol. The van der Waals surface area contributed by atoms with Crippen LogP contribution < -0.4 is 0 Å². The molecule has 2 aromatic rings. The number of rotatable bonds is 3. The van der Waals surface area contributed by atoms with E-state index in [1.54, 1.807) is 11.4 Å². The summed E-state index contributed by atoms with van der Waals surface area (Å²) >= 11 is 4.39. The molecule has 0 saturated carbocycles. The van der Waals surface area contributed by atoms with Crippen molar-refractivity contribution in [2.24, 2.45) is 0 Å². The Morgan fingerprint density at radius 1 is 1.38 bits per heavy atom. The van der Waals surface area contributed by atoms with Gasteiger partial charge in [-0.3, -0.25) is 9.59 Å². The van der Waals surface area contributed by atoms with Crippen LogP contribution in [0, 0.1) is 0 Å². The van der Waals surface area contributed by atoms with Gasteiger partial charge in [0.2, 0.25) is 0 Å². The third-order valence-electron chi connectivity index (χ3n) is 2.92. The molecule has 0 radical (unpaired) electrons. The Bertz CT molecular complexity index is 860. The number of hydrogen-bond acceptors (Lipinski definition) is 6. The van der Waals surface area contributed by atoms with Crippen LogP contribution in [0.2, 0.25) is 0 Å². The largest absolute Gasteiger partial charge is 0.291 e. The molecule has 0 atom stereocenters. The van der Waals surface area contributed by atoms with E-state index in [0.717, 1.165) is 0 Å². The maximum Gasteiger partial charge on any atom is 0.285 e. The molecule has 0 saturated heterocycles. The molecule has 6 nitrogen and oxygen atoms in total. The molecule has 1 amide bonds. The predicted molar refractivity (Wildman–Crippen MR) is 78.8 cm³/mol. The molecule has 1 aliphatic heterocycles. The second-order valence-electron chi connectivity index (χ2n) is 4.19. The molecule has 3 rings (SSSR count). The van der Waals surface area contributed by atoms with Crippen LogP contribution >= 0.6 is 27.3 Å². The van der Waals surface area contributed by atoms with Gasteiger partial charge in [-0.25, -0.2) is 9.29 Å². The van der Waals surface area contributed by atoms with Crippen molar-refractivity contribution in [1.82, 2.24) is 9.29 Å². The van der Waals surface area contributed by atoms with Crippen LogP contribution in [0.1, 0.15) is 20.0 Å². The Morgan fingerprint density at radius 3 is 2.76 bits per heavy atom. The van der Waals surface area contributed by atoms with Gasteiger partial charge < -0.3 is 0 Å². The van der Waals surface area contributed by atoms with Gasteiger partial charge in [-0.05, 0) is 39.5 Å². The SMILES string of the molecule is O=C(CN1C(=O)c2cccnc2S1(=O)=O)c1sccc1Br. The Morgan fingerprint density at radius 2 is 2.14 bits per heavy atom. The van der Waals surface area contributed by atoms with E-state index in [1.165, 1.54) is 29.7 Å². The summed E-state index contributed by atoms with van der Waals surface area (Å²) in [6.45, 7) is -0.531. The first-order chi connectivity index (χ1) is 9.93. The van der Waals surface area contributed by atoms with Crippen LogP contribution in [0.5, 0.6) is 0 Å². The zero-order valence-electron chi connectivity index (χ0n) is 10.3. The smallest absolute Gasteiger partial charge is 0.285 e. The normalized spacial score (nSPS) is 16.0. The number of amides is 1. The van der Waals surface area contributed by atoms with Gasteiger partial charge >= 0.3 is 0 Å². The van der Waals surface area contributed by atoms with Crippen molar-refractivity contribution < 1.29 is 18.0 Å². The summed E-state index contributed by atoms with van der Waals surface area (Å²) in [6.07, 6.45) is 1.30. The summed E-state index contributed by atoms with van der Waals surface area (Å²) in [5, 5.41) is 1.40. The quantitative estimate of drug-likeness (QED) is 0.752. The zero-order valence-corrected chi connectivity index (χ0v) is 13.5. The fourth-order valence-electron chi connectivity index (χ4n) is 1.96. The highest BCUT2D eigenvalue weighted by atomic mass is 79.9. The third-order valence-corrected chi connectivity index (χ3v) is 6.49. The Hall–Kier alpha value is -1.58. The van der Waals surface area contributed by atoms with Crippen molar-refractivity contribution in [3.63, 3.8) is 0 Å². The number of carbonyl (C=O) groups excluding carboxylic acids is 2. The van der Waals surface area contributed by atoms with E-state index in [2.05, 4.69) is 20.9 Å². The van der Waals surface area contributed by atoms with Gasteiger partial charge in [0, 0.05) is 10.7 Å². The minimum Gasteiger partial charge on any atom is -0.291 e. The number of nitrogens with zero attached hydrogens (tertiary/aromatic N) is 2. The zero-order chi connectivity index (χ0) is 15.2. The van der Waals surface area contributed by atoms with Crippen LogP contribution in [0.15, 0.2) is 39.3 Å². The van der Waals surface area contributed by atoms with Gasteiger partial charge in [0.05, 0.1) is 10.4 Å². The fraction of sp³-hybridized carbons (Fsp3) is 0.0833. The van der Waals surface area contributed by atoms with Crippen molar-refractivity contribution in [1.29, 1.82) is 0 Å². The third kappa shape index (κ3) is 2.21. The van der Waals surface area contributed by atoms with E-state index in [9.17, 15) is 18.0 Å². The molecule has 3 heterocycles. The molecule has 0 fully saturated rings. The van der Waals surface area contributed by atoms with Crippen LogP contribution in [0.3, 0.4) is 0 Å². The Kier molecular flexibility index (Phi) is 3.42. The van der Waals surface area contributed by atoms with Gasteiger partial charge in [-0.1, -0.05) is 0 Å². The molecular formula is C12H7BrN2O4S2. The minimum atomic E-state index is -4.05. The first kappa shape index (κ1) is 14.4. The van der Waals surface area contributed by atoms with Crippen LogP contribution in [-0.4, -0.2) is 35.9 Å². The van der Waals surface area contributed by atoms with Crippen LogP contribution in [0.4, 0.5) is 0 Å². The molecule has 21 heavy (non-hydrogen) atoms. The van der Waals surface area contributed by atoms with Gasteiger partial charge in [0.15, 0.2) is 10.8 Å². The molecule has 1 aliphatic rings. The minimum absolute atomic E-state index is 0.00412. The molecule has 0 bridgehead atoms. The standard InChI is InChI=1S/C12H7BrN2O4S2/c13-8-3-5-20-10(8)9(16)6-15-12(17)7-2-1-4-14-11(7)21(15,18)19/h1-5H,6H2. The lowest BCUT2D eigenvalue weighted by atomic mass is 10.2. The lowest BCUT2D eigenvalue weighted by molar-refractivity contribution is 0.0821. The molecular weight excluding hydrogens is 380 g/mol. The van der Waals surface area contributed by atoms with Crippen LogP contribution in [0.25, 0.3) is 0 Å². The number of sulfonamides is 1. The van der Waals surface area contributed by atoms with E-state index in [-0.39, 0.29) is 10.6 Å². The maximum absolute atomic E-state index is 12.3. The number of aromatic nitrogens is 1. The number of ketones is 1. The number of pyridine rings is 1. The van der Waals surface area contributed by atoms with Gasteiger partial charge in [0.1, 0.15) is 6.54 Å². The van der Waals surface area contributed by atoms with Crippen molar-refractivity contribution in [2.45, 2.75) is 5.03 Å². The molecule has 0 aromatic carbocycles. The Balaban J connectivity index is 1.97. The number of hydrogen-bond donors (Lipinski definition) is 0. The molecule has 2 aromatic heterocycles. The maximum atomic E-state index is 12.3. The van der Waals surface area contributed by atoms with E-state index in [0.29, 0.717) is 13.7 Å². The van der Waals surface area contributed by atoms with Gasteiger partial charge in [-0.2, -0.15) is 8.42 Å². The molecule has 108 valence electrons. The number of fused-ring (bicyclic) bond motifs is 1. The Labute approximate surface area is 132 Å². The lowest BCUT2D eigenvalue weighted by Crippen LogP contribution is -2.35. The number of carbonyl (C=O) groups is 2. The highest BCUT2D eigenvalue weighted by molar-refractivity contribution is 9.10. The molecule has 0 aliphatic carbocycles. The van der Waals surface area contributed by atoms with E-state index >= 15 is 0 Å². The number of Topliss-reactive ketones (excluding diaryl/α,β-unsaturated/α-hetero) is 1. The first-order valence-corrected chi connectivity index (χ1v) is 8.82. The van der Waals surface area contributed by atoms with E-state index in [4.69, 9.17) is 0 Å². The highest BCUT2D eigenvalue weighted by Crippen LogP contribution is 2.29. The van der Waals surface area contributed by atoms with Gasteiger partial charge in [0.25, 0.3) is 15.9 Å². The average molecular weight is 387 g/mol. The summed E-state index contributed by atoms with van der Waals surface area (Å²) in [6, 6.07) is 4.55.